The zero-order valence-corrected chi connectivity index (χ0v) is 12.5. The highest BCUT2D eigenvalue weighted by Crippen LogP contribution is 2.33. The number of aromatic nitrogens is 1. The Balaban J connectivity index is 2.50. The molecule has 3 N–H and O–H groups in total. The molecule has 0 spiro atoms. The van der Waals surface area contributed by atoms with Gasteiger partial charge in [0.15, 0.2) is 5.41 Å². The maximum absolute atomic E-state index is 12.2. The molecule has 0 saturated carbocycles. The van der Waals surface area contributed by atoms with Crippen molar-refractivity contribution in [3.05, 3.63) is 36.0 Å². The molecule has 0 radical (unpaired) electrons. The quantitative estimate of drug-likeness (QED) is 0.529. The van der Waals surface area contributed by atoms with E-state index in [1.165, 1.54) is 6.92 Å². The highest BCUT2D eigenvalue weighted by Gasteiger charge is 2.50. The van der Waals surface area contributed by atoms with Crippen LogP contribution in [-0.4, -0.2) is 39.7 Å². The Kier molecular flexibility index (Phi) is 4.68. The van der Waals surface area contributed by atoms with E-state index in [2.05, 4.69) is 4.98 Å². The largest absolute Gasteiger partial charge is 0.481 e. The second-order valence-electron chi connectivity index (χ2n) is 5.21. The summed E-state index contributed by atoms with van der Waals surface area (Å²) < 4.78 is 4.84. The number of aromatic amines is 1. The van der Waals surface area contributed by atoms with E-state index in [-0.39, 0.29) is 13.0 Å². The first-order chi connectivity index (χ1) is 10.9. The lowest BCUT2D eigenvalue weighted by atomic mass is 9.78. The summed E-state index contributed by atoms with van der Waals surface area (Å²) in [4.78, 5) is 38.1. The van der Waals surface area contributed by atoms with Gasteiger partial charge in [-0.1, -0.05) is 18.2 Å². The van der Waals surface area contributed by atoms with Crippen molar-refractivity contribution < 1.29 is 29.3 Å². The Bertz CT molecular complexity index is 750. The standard InChI is InChI=1S/C16H17NO6/c1-2-23-15(22)16(14(20)21,8-13(18)19)7-10-9-17-12-6-4-3-5-11(10)12/h3-6,9,17H,2,7-8H2,1H3,(H,18,19)(H,20,21). The van der Waals surface area contributed by atoms with E-state index < -0.39 is 29.7 Å². The molecular formula is C16H17NO6. The second kappa shape index (κ2) is 6.51. The highest BCUT2D eigenvalue weighted by molar-refractivity contribution is 6.03. The van der Waals surface area contributed by atoms with Gasteiger partial charge in [0.2, 0.25) is 0 Å². The molecule has 7 heteroatoms. The van der Waals surface area contributed by atoms with E-state index in [0.717, 1.165) is 10.9 Å². The summed E-state index contributed by atoms with van der Waals surface area (Å²) >= 11 is 0. The number of hydrogen-bond acceptors (Lipinski definition) is 4. The lowest BCUT2D eigenvalue weighted by Crippen LogP contribution is -2.44. The number of benzene rings is 1. The van der Waals surface area contributed by atoms with Gasteiger partial charge in [-0.2, -0.15) is 0 Å². The topological polar surface area (TPSA) is 117 Å². The van der Waals surface area contributed by atoms with E-state index in [4.69, 9.17) is 9.84 Å². The van der Waals surface area contributed by atoms with E-state index in [0.29, 0.717) is 5.56 Å². The molecule has 7 nitrogen and oxygen atoms in total. The lowest BCUT2D eigenvalue weighted by molar-refractivity contribution is -0.173. The first kappa shape index (κ1) is 16.5. The van der Waals surface area contributed by atoms with Crippen LogP contribution in [0.4, 0.5) is 0 Å². The monoisotopic (exact) mass is 319 g/mol. The molecule has 122 valence electrons. The number of aliphatic carboxylic acids is 2. The van der Waals surface area contributed by atoms with Crippen molar-refractivity contribution in [2.75, 3.05) is 6.61 Å². The third-order valence-electron chi connectivity index (χ3n) is 3.70. The first-order valence-electron chi connectivity index (χ1n) is 7.08. The molecule has 1 unspecified atom stereocenters. The van der Waals surface area contributed by atoms with Crippen LogP contribution < -0.4 is 0 Å². The van der Waals surface area contributed by atoms with Crippen molar-refractivity contribution in [1.82, 2.24) is 4.98 Å². The Morgan fingerprint density at radius 3 is 2.52 bits per heavy atom. The minimum absolute atomic E-state index is 0.0264. The maximum atomic E-state index is 12.2. The van der Waals surface area contributed by atoms with Gasteiger partial charge < -0.3 is 19.9 Å². The molecule has 1 aromatic carbocycles. The zero-order valence-electron chi connectivity index (χ0n) is 12.5. The molecule has 23 heavy (non-hydrogen) atoms. The number of nitrogens with one attached hydrogen (secondary N) is 1. The van der Waals surface area contributed by atoms with Gasteiger partial charge in [-0.05, 0) is 18.6 Å². The van der Waals surface area contributed by atoms with Gasteiger partial charge >= 0.3 is 17.9 Å². The summed E-state index contributed by atoms with van der Waals surface area (Å²) in [6.45, 7) is 1.51. The molecule has 0 amide bonds. The number of fused-ring (bicyclic) bond motifs is 1. The van der Waals surface area contributed by atoms with Crippen molar-refractivity contribution >= 4 is 28.8 Å². The van der Waals surface area contributed by atoms with Gasteiger partial charge in [0.05, 0.1) is 13.0 Å². The van der Waals surface area contributed by atoms with Gasteiger partial charge in [0, 0.05) is 23.5 Å². The number of carbonyl (C=O) groups is 3. The molecule has 0 aliphatic carbocycles. The summed E-state index contributed by atoms with van der Waals surface area (Å²) in [5.41, 5.74) is -0.828. The summed E-state index contributed by atoms with van der Waals surface area (Å²) in [6.07, 6.45) is 0.474. The van der Waals surface area contributed by atoms with Crippen LogP contribution in [0.3, 0.4) is 0 Å². The molecule has 1 atom stereocenters. The number of carbonyl (C=O) groups excluding carboxylic acids is 1. The number of rotatable bonds is 7. The summed E-state index contributed by atoms with van der Waals surface area (Å²) in [6, 6.07) is 7.18. The van der Waals surface area contributed by atoms with E-state index in [1.807, 2.05) is 12.1 Å². The highest BCUT2D eigenvalue weighted by atomic mass is 16.5. The normalized spacial score (nSPS) is 13.4. The minimum atomic E-state index is -2.16. The summed E-state index contributed by atoms with van der Waals surface area (Å²) in [5.74, 6) is -3.93. The van der Waals surface area contributed by atoms with Crippen molar-refractivity contribution in [2.45, 2.75) is 19.8 Å². The SMILES string of the molecule is CCOC(=O)C(CC(=O)O)(Cc1c[nH]c2ccccc12)C(=O)O. The van der Waals surface area contributed by atoms with Crippen LogP contribution in [0.1, 0.15) is 18.9 Å². The number of carboxylic acids is 2. The molecule has 1 heterocycles. The smallest absolute Gasteiger partial charge is 0.324 e. The predicted octanol–water partition coefficient (Wildman–Crippen LogP) is 1.82. The minimum Gasteiger partial charge on any atom is -0.481 e. The summed E-state index contributed by atoms with van der Waals surface area (Å²) in [7, 11) is 0. The zero-order chi connectivity index (χ0) is 17.0. The number of H-pyrrole nitrogens is 1. The fourth-order valence-electron chi connectivity index (χ4n) is 2.58. The molecule has 0 bridgehead atoms. The fraction of sp³-hybridized carbons (Fsp3) is 0.312. The third-order valence-corrected chi connectivity index (χ3v) is 3.70. The number of esters is 1. The average Bonchev–Trinajstić information content (AvgIpc) is 2.89. The fourth-order valence-corrected chi connectivity index (χ4v) is 2.58. The Morgan fingerprint density at radius 1 is 1.22 bits per heavy atom. The van der Waals surface area contributed by atoms with Crippen LogP contribution in [-0.2, 0) is 25.5 Å². The van der Waals surface area contributed by atoms with Crippen LogP contribution in [0.25, 0.3) is 10.9 Å². The Labute approximate surface area is 131 Å². The van der Waals surface area contributed by atoms with Crippen LogP contribution in [0.15, 0.2) is 30.5 Å². The van der Waals surface area contributed by atoms with E-state index in [1.54, 1.807) is 18.3 Å². The van der Waals surface area contributed by atoms with E-state index in [9.17, 15) is 19.5 Å². The van der Waals surface area contributed by atoms with Crippen molar-refractivity contribution in [3.63, 3.8) is 0 Å². The molecule has 2 rings (SSSR count). The van der Waals surface area contributed by atoms with Crippen LogP contribution in [0.2, 0.25) is 0 Å². The predicted molar refractivity (Wildman–Crippen MR) is 81.0 cm³/mol. The molecular weight excluding hydrogens is 302 g/mol. The number of para-hydroxylation sites is 1. The number of hydrogen-bond donors (Lipinski definition) is 3. The summed E-state index contributed by atoms with van der Waals surface area (Å²) in [5, 5.41) is 19.4. The van der Waals surface area contributed by atoms with Crippen LogP contribution >= 0.6 is 0 Å². The molecule has 0 saturated heterocycles. The van der Waals surface area contributed by atoms with Crippen molar-refractivity contribution in [2.24, 2.45) is 5.41 Å². The first-order valence-corrected chi connectivity index (χ1v) is 7.08. The van der Waals surface area contributed by atoms with Gasteiger partial charge in [-0.3, -0.25) is 14.4 Å². The Hall–Kier alpha value is -2.83. The van der Waals surface area contributed by atoms with Crippen LogP contribution in [0.5, 0.6) is 0 Å². The molecule has 2 aromatic rings. The molecule has 0 fully saturated rings. The Morgan fingerprint density at radius 2 is 1.91 bits per heavy atom. The molecule has 0 aliphatic rings. The second-order valence-corrected chi connectivity index (χ2v) is 5.21. The maximum Gasteiger partial charge on any atom is 0.324 e. The number of ether oxygens (including phenoxy) is 1. The molecule has 0 aliphatic heterocycles. The average molecular weight is 319 g/mol. The van der Waals surface area contributed by atoms with Gasteiger partial charge in [-0.25, -0.2) is 0 Å². The van der Waals surface area contributed by atoms with Gasteiger partial charge in [0.25, 0.3) is 0 Å². The third kappa shape index (κ3) is 3.18. The van der Waals surface area contributed by atoms with Crippen molar-refractivity contribution in [3.8, 4) is 0 Å². The van der Waals surface area contributed by atoms with Gasteiger partial charge in [0.1, 0.15) is 0 Å². The number of carboxylic acid groups (broad SMARTS) is 2. The van der Waals surface area contributed by atoms with Gasteiger partial charge in [-0.15, -0.1) is 0 Å². The lowest BCUT2D eigenvalue weighted by Gasteiger charge is -2.25. The molecule has 1 aromatic heterocycles. The van der Waals surface area contributed by atoms with Crippen LogP contribution in [0, 0.1) is 5.41 Å². The van der Waals surface area contributed by atoms with E-state index >= 15 is 0 Å². The van der Waals surface area contributed by atoms with Crippen molar-refractivity contribution in [1.29, 1.82) is 0 Å².